The van der Waals surface area contributed by atoms with E-state index in [1.165, 1.54) is 32.1 Å². The molecule has 0 bridgehead atoms. The number of hydrogen-bond donors (Lipinski definition) is 0. The molecule has 0 heterocycles. The van der Waals surface area contributed by atoms with Crippen LogP contribution in [0.4, 0.5) is 52.7 Å². The van der Waals surface area contributed by atoms with Crippen molar-refractivity contribution in [2.75, 3.05) is 6.61 Å². The van der Waals surface area contributed by atoms with E-state index in [0.29, 0.717) is 18.8 Å². The van der Waals surface area contributed by atoms with E-state index in [0.717, 1.165) is 32.1 Å². The fourth-order valence-electron chi connectivity index (χ4n) is 3.70. The Morgan fingerprint density at radius 1 is 0.590 bits per heavy atom. The van der Waals surface area contributed by atoms with E-state index in [-0.39, 0.29) is 6.42 Å². The standard InChI is InChI=1S/C25H38F12O2/c1-18(2)15-13-11-9-7-5-3-4-6-8-10-12-14-16-19(38)39-17-21(28,29)23(32,33)25(36,37)24(34,35)22(30,31)20(26)27/h18,20H,3-17H2,1-2H3. The van der Waals surface area contributed by atoms with Crippen LogP contribution in [0.15, 0.2) is 0 Å². The fourth-order valence-corrected chi connectivity index (χ4v) is 3.70. The van der Waals surface area contributed by atoms with E-state index in [2.05, 4.69) is 18.6 Å². The van der Waals surface area contributed by atoms with Crippen LogP contribution in [0.25, 0.3) is 0 Å². The van der Waals surface area contributed by atoms with Gasteiger partial charge in [-0.1, -0.05) is 90.9 Å². The molecule has 0 aromatic heterocycles. The molecule has 0 atom stereocenters. The number of ether oxygens (including phenoxy) is 1. The molecule has 0 fully saturated rings. The van der Waals surface area contributed by atoms with Gasteiger partial charge in [0.15, 0.2) is 6.61 Å². The van der Waals surface area contributed by atoms with Crippen molar-refractivity contribution in [3.05, 3.63) is 0 Å². The van der Waals surface area contributed by atoms with Gasteiger partial charge < -0.3 is 4.74 Å². The topological polar surface area (TPSA) is 26.3 Å². The van der Waals surface area contributed by atoms with Crippen molar-refractivity contribution >= 4 is 5.97 Å². The van der Waals surface area contributed by atoms with Crippen LogP contribution in [0.2, 0.25) is 0 Å². The first-order chi connectivity index (χ1) is 17.8. The van der Waals surface area contributed by atoms with Crippen molar-refractivity contribution in [3.8, 4) is 0 Å². The number of unbranched alkanes of at least 4 members (excludes halogenated alkanes) is 11. The van der Waals surface area contributed by atoms with Crippen LogP contribution in [0, 0.1) is 5.92 Å². The molecule has 39 heavy (non-hydrogen) atoms. The molecule has 0 aromatic carbocycles. The van der Waals surface area contributed by atoms with Crippen molar-refractivity contribution in [1.29, 1.82) is 0 Å². The average Bonchev–Trinajstić information content (AvgIpc) is 2.82. The molecule has 0 rings (SSSR count). The van der Waals surface area contributed by atoms with E-state index in [1.807, 2.05) is 0 Å². The highest BCUT2D eigenvalue weighted by molar-refractivity contribution is 5.69. The lowest BCUT2D eigenvalue weighted by molar-refractivity contribution is -0.414. The van der Waals surface area contributed by atoms with Crippen LogP contribution in [0.1, 0.15) is 104 Å². The summed E-state index contributed by atoms with van der Waals surface area (Å²) in [7, 11) is 0. The Balaban J connectivity index is 4.33. The van der Waals surface area contributed by atoms with Crippen LogP contribution in [-0.2, 0) is 9.53 Å². The van der Waals surface area contributed by atoms with E-state index in [1.54, 1.807) is 0 Å². The number of carbonyl (C=O) groups is 1. The van der Waals surface area contributed by atoms with Gasteiger partial charge in [0.05, 0.1) is 0 Å². The van der Waals surface area contributed by atoms with Crippen molar-refractivity contribution in [3.63, 3.8) is 0 Å². The molecule has 14 heteroatoms. The molecular weight excluding hydrogens is 560 g/mol. The first kappa shape index (κ1) is 37.6. The molecule has 0 aromatic rings. The Morgan fingerprint density at radius 3 is 1.36 bits per heavy atom. The Kier molecular flexibility index (Phi) is 15.6. The van der Waals surface area contributed by atoms with Gasteiger partial charge in [0.25, 0.3) is 0 Å². The van der Waals surface area contributed by atoms with E-state index in [9.17, 15) is 57.5 Å². The Hall–Kier alpha value is -1.37. The van der Waals surface area contributed by atoms with Crippen LogP contribution >= 0.6 is 0 Å². The minimum atomic E-state index is -7.62. The summed E-state index contributed by atoms with van der Waals surface area (Å²) in [5.41, 5.74) is 0. The number of hydrogen-bond acceptors (Lipinski definition) is 2. The molecule has 2 nitrogen and oxygen atoms in total. The van der Waals surface area contributed by atoms with Crippen molar-refractivity contribution in [2.24, 2.45) is 5.92 Å². The normalized spacial score (nSPS) is 13.9. The highest BCUT2D eigenvalue weighted by Gasteiger charge is 2.87. The SMILES string of the molecule is CC(C)CCCCCCCCCCCCCCC(=O)OCC(F)(F)C(F)(F)C(F)(F)C(F)(F)C(F)(F)C(F)F. The second-order valence-corrected chi connectivity index (χ2v) is 10.2. The van der Waals surface area contributed by atoms with E-state index < -0.39 is 55.0 Å². The maximum Gasteiger partial charge on any atom is 0.384 e. The molecule has 0 N–H and O–H groups in total. The van der Waals surface area contributed by atoms with Crippen LogP contribution in [0.5, 0.6) is 0 Å². The van der Waals surface area contributed by atoms with Gasteiger partial charge >= 0.3 is 42.0 Å². The number of rotatable bonds is 22. The van der Waals surface area contributed by atoms with Crippen LogP contribution in [-0.4, -0.2) is 48.6 Å². The number of esters is 1. The van der Waals surface area contributed by atoms with Gasteiger partial charge in [0.2, 0.25) is 0 Å². The molecule has 0 unspecified atom stereocenters. The van der Waals surface area contributed by atoms with Gasteiger partial charge in [-0.2, -0.15) is 43.9 Å². The summed E-state index contributed by atoms with van der Waals surface area (Å²) in [4.78, 5) is 11.5. The molecule has 0 spiro atoms. The molecule has 234 valence electrons. The first-order valence-electron chi connectivity index (χ1n) is 13.1. The highest BCUT2D eigenvalue weighted by atomic mass is 19.4. The molecule has 0 radical (unpaired) electrons. The first-order valence-corrected chi connectivity index (χ1v) is 13.1. The van der Waals surface area contributed by atoms with Crippen LogP contribution < -0.4 is 0 Å². The average molecular weight is 599 g/mol. The minimum absolute atomic E-state index is 0.0754. The summed E-state index contributed by atoms with van der Waals surface area (Å²) in [6.07, 6.45) is 6.10. The molecule has 0 aliphatic rings. The minimum Gasteiger partial charge on any atom is -0.459 e. The Bertz CT molecular complexity index is 697. The molecule has 0 saturated heterocycles. The zero-order valence-electron chi connectivity index (χ0n) is 22.1. The van der Waals surface area contributed by atoms with Gasteiger partial charge in [0.1, 0.15) is 0 Å². The van der Waals surface area contributed by atoms with Crippen LogP contribution in [0.3, 0.4) is 0 Å². The third-order valence-electron chi connectivity index (χ3n) is 6.27. The van der Waals surface area contributed by atoms with Gasteiger partial charge in [-0.3, -0.25) is 4.79 Å². The lowest BCUT2D eigenvalue weighted by Gasteiger charge is -2.38. The molecule has 0 aliphatic heterocycles. The Morgan fingerprint density at radius 2 is 0.974 bits per heavy atom. The second-order valence-electron chi connectivity index (χ2n) is 10.2. The summed E-state index contributed by atoms with van der Waals surface area (Å²) in [6, 6.07) is 0. The van der Waals surface area contributed by atoms with E-state index >= 15 is 0 Å². The maximum atomic E-state index is 13.6. The summed E-state index contributed by atoms with van der Waals surface area (Å²) >= 11 is 0. The summed E-state index contributed by atoms with van der Waals surface area (Å²) < 4.78 is 161. The van der Waals surface area contributed by atoms with Gasteiger partial charge in [-0.15, -0.1) is 0 Å². The molecule has 0 aliphatic carbocycles. The highest BCUT2D eigenvalue weighted by Crippen LogP contribution is 2.58. The summed E-state index contributed by atoms with van der Waals surface area (Å²) in [5, 5.41) is 0. The zero-order valence-corrected chi connectivity index (χ0v) is 22.1. The third kappa shape index (κ3) is 10.8. The number of carbonyl (C=O) groups excluding carboxylic acids is 1. The smallest absolute Gasteiger partial charge is 0.384 e. The number of halogens is 12. The molecular formula is C25H38F12O2. The molecule has 0 amide bonds. The Labute approximate surface area is 221 Å². The quantitative estimate of drug-likeness (QED) is 0.0704. The summed E-state index contributed by atoms with van der Waals surface area (Å²) in [6.45, 7) is 1.54. The van der Waals surface area contributed by atoms with E-state index in [4.69, 9.17) is 0 Å². The largest absolute Gasteiger partial charge is 0.459 e. The van der Waals surface area contributed by atoms with Crippen molar-refractivity contribution < 1.29 is 62.2 Å². The fraction of sp³-hybridized carbons (Fsp3) is 0.960. The lowest BCUT2D eigenvalue weighted by atomic mass is 9.94. The predicted molar refractivity (Wildman–Crippen MR) is 121 cm³/mol. The lowest BCUT2D eigenvalue weighted by Crippen LogP contribution is -2.69. The maximum absolute atomic E-state index is 13.6. The van der Waals surface area contributed by atoms with Gasteiger partial charge in [-0.25, -0.2) is 8.78 Å². The van der Waals surface area contributed by atoms with Gasteiger partial charge in [-0.05, 0) is 12.3 Å². The predicted octanol–water partition coefficient (Wildman–Crippen LogP) is 10.1. The van der Waals surface area contributed by atoms with Gasteiger partial charge in [0, 0.05) is 6.42 Å². The second kappa shape index (κ2) is 16.2. The monoisotopic (exact) mass is 598 g/mol. The summed E-state index contributed by atoms with van der Waals surface area (Å²) in [5.74, 6) is -36.6. The van der Waals surface area contributed by atoms with Crippen molar-refractivity contribution in [2.45, 2.75) is 140 Å². The molecule has 0 saturated carbocycles. The third-order valence-corrected chi connectivity index (χ3v) is 6.27. The zero-order chi connectivity index (χ0) is 30.5. The van der Waals surface area contributed by atoms with Crippen molar-refractivity contribution in [1.82, 2.24) is 0 Å². The number of alkyl halides is 12.